The van der Waals surface area contributed by atoms with Crippen LogP contribution in [-0.2, 0) is 6.61 Å². The number of rotatable bonds is 3. The van der Waals surface area contributed by atoms with E-state index in [1.807, 2.05) is 18.2 Å². The first-order valence-corrected chi connectivity index (χ1v) is 4.92. The number of aromatic hydroxyl groups is 1. The Bertz CT molecular complexity index is 566. The van der Waals surface area contributed by atoms with E-state index in [0.29, 0.717) is 11.4 Å². The molecule has 0 atom stereocenters. The smallest absolute Gasteiger partial charge is 0.279 e. The van der Waals surface area contributed by atoms with Crippen LogP contribution >= 0.6 is 0 Å². The molecule has 0 saturated heterocycles. The molecule has 0 bridgehead atoms. The van der Waals surface area contributed by atoms with Crippen LogP contribution in [-0.4, -0.2) is 15.0 Å². The summed E-state index contributed by atoms with van der Waals surface area (Å²) >= 11 is 0. The molecule has 0 unspecified atom stereocenters. The predicted molar refractivity (Wildman–Crippen MR) is 61.1 cm³/mol. The lowest BCUT2D eigenvalue weighted by Gasteiger charge is -2.08. The molecular formula is C11H11N3O3. The van der Waals surface area contributed by atoms with E-state index in [4.69, 9.17) is 15.7 Å². The number of ether oxygens (including phenoxy) is 1. The summed E-state index contributed by atoms with van der Waals surface area (Å²) in [5.41, 5.74) is -0.213. The molecule has 17 heavy (non-hydrogen) atoms. The van der Waals surface area contributed by atoms with Gasteiger partial charge in [-0.15, -0.1) is 5.10 Å². The van der Waals surface area contributed by atoms with Gasteiger partial charge in [-0.3, -0.25) is 4.79 Å². The maximum absolute atomic E-state index is 11.2. The maximum atomic E-state index is 11.2. The van der Waals surface area contributed by atoms with Gasteiger partial charge in [0.05, 0.1) is 0 Å². The van der Waals surface area contributed by atoms with Crippen molar-refractivity contribution in [1.29, 1.82) is 0 Å². The Morgan fingerprint density at radius 2 is 2.06 bits per heavy atom. The van der Waals surface area contributed by atoms with Crippen LogP contribution in [0.15, 0.2) is 41.2 Å². The summed E-state index contributed by atoms with van der Waals surface area (Å²) in [7, 11) is 0. The second-order valence-electron chi connectivity index (χ2n) is 3.37. The quantitative estimate of drug-likeness (QED) is 0.741. The highest BCUT2D eigenvalue weighted by atomic mass is 16.5. The number of nitrogen functional groups attached to an aromatic ring is 1. The van der Waals surface area contributed by atoms with Gasteiger partial charge in [0.25, 0.3) is 5.88 Å². The Morgan fingerprint density at radius 3 is 2.76 bits per heavy atom. The number of nitrogens with zero attached hydrogens (tertiary/aromatic N) is 2. The number of aromatic nitrogens is 2. The summed E-state index contributed by atoms with van der Waals surface area (Å²) < 4.78 is 5.41. The molecule has 0 amide bonds. The van der Waals surface area contributed by atoms with Gasteiger partial charge in [-0.2, -0.15) is 4.79 Å². The van der Waals surface area contributed by atoms with Crippen molar-refractivity contribution in [2.24, 2.45) is 0 Å². The molecule has 6 nitrogen and oxygen atoms in total. The van der Waals surface area contributed by atoms with E-state index in [0.717, 1.165) is 4.79 Å². The Hall–Kier alpha value is -2.50. The van der Waals surface area contributed by atoms with Crippen molar-refractivity contribution in [2.45, 2.75) is 6.61 Å². The molecule has 1 aromatic carbocycles. The minimum Gasteiger partial charge on any atom is -0.489 e. The normalized spacial score (nSPS) is 10.1. The maximum Gasteiger partial charge on any atom is 0.279 e. The van der Waals surface area contributed by atoms with Crippen LogP contribution in [0.3, 0.4) is 0 Å². The minimum atomic E-state index is -0.629. The van der Waals surface area contributed by atoms with Crippen LogP contribution < -0.4 is 16.0 Å². The Balaban J connectivity index is 2.15. The third-order valence-corrected chi connectivity index (χ3v) is 2.14. The van der Waals surface area contributed by atoms with Crippen molar-refractivity contribution in [3.05, 3.63) is 52.3 Å². The van der Waals surface area contributed by atoms with E-state index >= 15 is 0 Å². The van der Waals surface area contributed by atoms with Crippen molar-refractivity contribution in [1.82, 2.24) is 9.89 Å². The third-order valence-electron chi connectivity index (χ3n) is 2.14. The topological polar surface area (TPSA) is 90.4 Å². The largest absolute Gasteiger partial charge is 0.489 e. The van der Waals surface area contributed by atoms with Gasteiger partial charge in [-0.1, -0.05) is 18.2 Å². The van der Waals surface area contributed by atoms with E-state index in [2.05, 4.69) is 5.10 Å². The SMILES string of the molecule is Nn1nc(O)c(=O)cc1COc1ccccc1. The van der Waals surface area contributed by atoms with Gasteiger partial charge in [-0.25, -0.2) is 0 Å². The Morgan fingerprint density at radius 1 is 1.35 bits per heavy atom. The molecule has 0 aliphatic heterocycles. The van der Waals surface area contributed by atoms with Gasteiger partial charge < -0.3 is 15.7 Å². The van der Waals surface area contributed by atoms with Gasteiger partial charge in [0.1, 0.15) is 18.1 Å². The number of hydrogen-bond donors (Lipinski definition) is 2. The molecular weight excluding hydrogens is 222 g/mol. The van der Waals surface area contributed by atoms with E-state index in [1.165, 1.54) is 6.07 Å². The summed E-state index contributed by atoms with van der Waals surface area (Å²) in [6, 6.07) is 10.3. The van der Waals surface area contributed by atoms with Crippen LogP contribution in [0.2, 0.25) is 0 Å². The molecule has 0 fully saturated rings. The molecule has 2 rings (SSSR count). The zero-order valence-corrected chi connectivity index (χ0v) is 8.91. The van der Waals surface area contributed by atoms with Crippen LogP contribution in [0, 0.1) is 0 Å². The summed E-state index contributed by atoms with van der Waals surface area (Å²) in [5, 5.41) is 12.5. The summed E-state index contributed by atoms with van der Waals surface area (Å²) in [6.07, 6.45) is 0. The summed E-state index contributed by atoms with van der Waals surface area (Å²) in [4.78, 5) is 12.1. The highest BCUT2D eigenvalue weighted by molar-refractivity contribution is 5.21. The first-order chi connectivity index (χ1) is 8.16. The summed E-state index contributed by atoms with van der Waals surface area (Å²) in [5.74, 6) is 5.51. The lowest BCUT2D eigenvalue weighted by molar-refractivity contribution is 0.292. The van der Waals surface area contributed by atoms with E-state index in [9.17, 15) is 4.79 Å². The standard InChI is InChI=1S/C11H11N3O3/c12-14-8(6-10(15)11(16)13-14)7-17-9-4-2-1-3-5-9/h1-6H,7,12H2,(H,13,16). The molecule has 2 aromatic rings. The zero-order chi connectivity index (χ0) is 12.3. The second kappa shape index (κ2) is 4.56. The molecule has 0 saturated carbocycles. The Kier molecular flexibility index (Phi) is 2.95. The average molecular weight is 233 g/mol. The first-order valence-electron chi connectivity index (χ1n) is 4.92. The number of para-hydroxylation sites is 1. The van der Waals surface area contributed by atoms with Crippen LogP contribution in [0.5, 0.6) is 11.6 Å². The molecule has 0 aliphatic rings. The molecule has 6 heteroatoms. The monoisotopic (exact) mass is 233 g/mol. The lowest BCUT2D eigenvalue weighted by Crippen LogP contribution is -2.23. The summed E-state index contributed by atoms with van der Waals surface area (Å²) in [6.45, 7) is 0.100. The van der Waals surface area contributed by atoms with Gasteiger partial charge in [0.2, 0.25) is 5.43 Å². The fourth-order valence-electron chi connectivity index (χ4n) is 1.28. The van der Waals surface area contributed by atoms with Crippen molar-refractivity contribution >= 4 is 0 Å². The molecule has 0 spiro atoms. The number of nitrogens with two attached hydrogens (primary N) is 1. The predicted octanol–water partition coefficient (Wildman–Crippen LogP) is 0.242. The van der Waals surface area contributed by atoms with Gasteiger partial charge in [0, 0.05) is 6.07 Å². The van der Waals surface area contributed by atoms with Crippen molar-refractivity contribution < 1.29 is 9.84 Å². The number of hydrogen-bond acceptors (Lipinski definition) is 5. The average Bonchev–Trinajstić information content (AvgIpc) is 2.33. The molecule has 0 radical (unpaired) electrons. The molecule has 0 aliphatic carbocycles. The highest BCUT2D eigenvalue weighted by Gasteiger charge is 2.05. The number of benzene rings is 1. The second-order valence-corrected chi connectivity index (χ2v) is 3.37. The molecule has 1 aromatic heterocycles. The third kappa shape index (κ3) is 2.54. The fraction of sp³-hybridized carbons (Fsp3) is 0.0909. The van der Waals surface area contributed by atoms with Crippen LogP contribution in [0.4, 0.5) is 0 Å². The molecule has 3 N–H and O–H groups in total. The van der Waals surface area contributed by atoms with Crippen molar-refractivity contribution in [3.8, 4) is 11.6 Å². The van der Waals surface area contributed by atoms with Gasteiger partial charge >= 0.3 is 0 Å². The first kappa shape index (κ1) is 11.0. The Labute approximate surface area is 96.9 Å². The van der Waals surface area contributed by atoms with E-state index in [-0.39, 0.29) is 6.61 Å². The van der Waals surface area contributed by atoms with Crippen molar-refractivity contribution in [3.63, 3.8) is 0 Å². The molecule has 1 heterocycles. The van der Waals surface area contributed by atoms with Crippen molar-refractivity contribution in [2.75, 3.05) is 5.84 Å². The fourth-order valence-corrected chi connectivity index (χ4v) is 1.28. The van der Waals surface area contributed by atoms with Crippen LogP contribution in [0.25, 0.3) is 0 Å². The van der Waals surface area contributed by atoms with E-state index in [1.54, 1.807) is 12.1 Å². The zero-order valence-electron chi connectivity index (χ0n) is 8.91. The lowest BCUT2D eigenvalue weighted by atomic mass is 10.3. The molecule has 88 valence electrons. The van der Waals surface area contributed by atoms with Gasteiger partial charge in [-0.05, 0) is 12.1 Å². The van der Waals surface area contributed by atoms with E-state index < -0.39 is 11.3 Å². The minimum absolute atomic E-state index is 0.100. The van der Waals surface area contributed by atoms with Crippen LogP contribution in [0.1, 0.15) is 5.69 Å². The van der Waals surface area contributed by atoms with Gasteiger partial charge in [0.15, 0.2) is 0 Å². The highest BCUT2D eigenvalue weighted by Crippen LogP contribution is 2.10.